The quantitative estimate of drug-likeness (QED) is 0.464. The van der Waals surface area contributed by atoms with Crippen LogP contribution in [0.1, 0.15) is 17.5 Å². The minimum Gasteiger partial charge on any atom is -0.376 e. The number of carbonyl (C=O) groups is 2. The van der Waals surface area contributed by atoms with Crippen LogP contribution in [-0.2, 0) is 16.0 Å². The van der Waals surface area contributed by atoms with E-state index in [1.54, 1.807) is 18.2 Å². The van der Waals surface area contributed by atoms with Gasteiger partial charge in [-0.05, 0) is 54.8 Å². The predicted molar refractivity (Wildman–Crippen MR) is 123 cm³/mol. The molecular formula is C24H24ClN3O2. The van der Waals surface area contributed by atoms with Crippen LogP contribution in [0.25, 0.3) is 0 Å². The van der Waals surface area contributed by atoms with Crippen molar-refractivity contribution in [1.82, 2.24) is 0 Å². The van der Waals surface area contributed by atoms with Gasteiger partial charge >= 0.3 is 0 Å². The highest BCUT2D eigenvalue weighted by Gasteiger charge is 2.08. The minimum absolute atomic E-state index is 0.0508. The summed E-state index contributed by atoms with van der Waals surface area (Å²) in [5.74, 6) is -0.233. The summed E-state index contributed by atoms with van der Waals surface area (Å²) in [7, 11) is 0. The fraction of sp³-hybridized carbons (Fsp3) is 0.167. The van der Waals surface area contributed by atoms with Crippen molar-refractivity contribution in [3.63, 3.8) is 0 Å². The molecule has 6 heteroatoms. The van der Waals surface area contributed by atoms with Crippen LogP contribution in [0.2, 0.25) is 5.02 Å². The van der Waals surface area contributed by atoms with E-state index in [0.717, 1.165) is 16.8 Å². The van der Waals surface area contributed by atoms with E-state index in [1.165, 1.54) is 0 Å². The molecule has 0 fully saturated rings. The molecule has 0 saturated heterocycles. The average Bonchev–Trinajstić information content (AvgIpc) is 2.75. The Labute approximate surface area is 181 Å². The monoisotopic (exact) mass is 421 g/mol. The van der Waals surface area contributed by atoms with Gasteiger partial charge in [0.25, 0.3) is 0 Å². The van der Waals surface area contributed by atoms with Gasteiger partial charge < -0.3 is 16.0 Å². The normalized spacial score (nSPS) is 10.3. The maximum absolute atomic E-state index is 12.2. The molecular weight excluding hydrogens is 398 g/mol. The van der Waals surface area contributed by atoms with Crippen molar-refractivity contribution >= 4 is 40.5 Å². The highest BCUT2D eigenvalue weighted by Crippen LogP contribution is 2.23. The molecule has 0 saturated carbocycles. The predicted octanol–water partition coefficient (Wildman–Crippen LogP) is 5.27. The number of anilines is 3. The molecule has 154 valence electrons. The van der Waals surface area contributed by atoms with Crippen LogP contribution in [0.5, 0.6) is 0 Å². The molecule has 0 spiro atoms. The van der Waals surface area contributed by atoms with Crippen molar-refractivity contribution < 1.29 is 9.59 Å². The molecule has 0 aliphatic carbocycles. The molecule has 5 nitrogen and oxygen atoms in total. The summed E-state index contributed by atoms with van der Waals surface area (Å²) >= 11 is 6.08. The van der Waals surface area contributed by atoms with Crippen LogP contribution in [0.3, 0.4) is 0 Å². The molecule has 0 radical (unpaired) electrons. The molecule has 0 aliphatic heterocycles. The smallest absolute Gasteiger partial charge is 0.243 e. The third-order valence-corrected chi connectivity index (χ3v) is 5.03. The average molecular weight is 422 g/mol. The molecule has 0 aromatic heterocycles. The number of aryl methyl sites for hydroxylation is 1. The Hall–Kier alpha value is -3.31. The standard InChI is InChI=1S/C24H24ClN3O2/c1-17-21(25)11-6-12-22(17)28-24(30)16-26-19-9-5-10-20(15-19)27-23(29)14-13-18-7-3-2-4-8-18/h2-12,15,26H,13-14,16H2,1H3,(H,27,29)(H,28,30). The first-order valence-corrected chi connectivity index (χ1v) is 10.1. The zero-order chi connectivity index (χ0) is 21.3. The van der Waals surface area contributed by atoms with Crippen LogP contribution in [0, 0.1) is 6.92 Å². The van der Waals surface area contributed by atoms with Crippen molar-refractivity contribution in [2.75, 3.05) is 22.5 Å². The van der Waals surface area contributed by atoms with E-state index in [9.17, 15) is 9.59 Å². The maximum atomic E-state index is 12.2. The van der Waals surface area contributed by atoms with Crippen LogP contribution < -0.4 is 16.0 Å². The lowest BCUT2D eigenvalue weighted by Gasteiger charge is -2.12. The second-order valence-corrected chi connectivity index (χ2v) is 7.34. The molecule has 30 heavy (non-hydrogen) atoms. The Kier molecular flexibility index (Phi) is 7.46. The number of hydrogen-bond donors (Lipinski definition) is 3. The van der Waals surface area contributed by atoms with Crippen LogP contribution >= 0.6 is 11.6 Å². The molecule has 3 rings (SSSR count). The Morgan fingerprint density at radius 1 is 0.833 bits per heavy atom. The Morgan fingerprint density at radius 2 is 1.57 bits per heavy atom. The van der Waals surface area contributed by atoms with Gasteiger partial charge in [-0.3, -0.25) is 9.59 Å². The second kappa shape index (κ2) is 10.5. The summed E-state index contributed by atoms with van der Waals surface area (Å²) in [6.45, 7) is 1.95. The molecule has 0 unspecified atom stereocenters. The SMILES string of the molecule is Cc1c(Cl)cccc1NC(=O)CNc1cccc(NC(=O)CCc2ccccc2)c1. The van der Waals surface area contributed by atoms with Crippen molar-refractivity contribution in [2.24, 2.45) is 0 Å². The lowest BCUT2D eigenvalue weighted by molar-refractivity contribution is -0.116. The summed E-state index contributed by atoms with van der Waals surface area (Å²) in [5.41, 5.74) is 4.07. The molecule has 0 atom stereocenters. The molecule has 0 bridgehead atoms. The molecule has 3 aromatic carbocycles. The van der Waals surface area contributed by atoms with Gasteiger partial charge in [0.2, 0.25) is 11.8 Å². The molecule has 3 aromatic rings. The summed E-state index contributed by atoms with van der Waals surface area (Å²) < 4.78 is 0. The van der Waals surface area contributed by atoms with Crippen LogP contribution in [0.15, 0.2) is 72.8 Å². The summed E-state index contributed by atoms with van der Waals surface area (Å²) in [4.78, 5) is 24.5. The largest absolute Gasteiger partial charge is 0.376 e. The van der Waals surface area contributed by atoms with Gasteiger partial charge in [0, 0.05) is 28.5 Å². The topological polar surface area (TPSA) is 70.2 Å². The zero-order valence-electron chi connectivity index (χ0n) is 16.7. The molecule has 2 amide bonds. The van der Waals surface area contributed by atoms with Gasteiger partial charge in [0.1, 0.15) is 0 Å². The Bertz CT molecular complexity index is 1020. The van der Waals surface area contributed by atoms with E-state index < -0.39 is 0 Å². The number of hydrogen-bond acceptors (Lipinski definition) is 3. The van der Waals surface area contributed by atoms with Crippen molar-refractivity contribution in [3.8, 4) is 0 Å². The number of rotatable bonds is 8. The number of nitrogens with one attached hydrogen (secondary N) is 3. The van der Waals surface area contributed by atoms with Gasteiger partial charge in [0.15, 0.2) is 0 Å². The lowest BCUT2D eigenvalue weighted by atomic mass is 10.1. The van der Waals surface area contributed by atoms with E-state index in [1.807, 2.05) is 61.5 Å². The third kappa shape index (κ3) is 6.36. The van der Waals surface area contributed by atoms with E-state index in [2.05, 4.69) is 16.0 Å². The van der Waals surface area contributed by atoms with E-state index in [0.29, 0.717) is 29.2 Å². The van der Waals surface area contributed by atoms with Gasteiger partial charge in [-0.25, -0.2) is 0 Å². The van der Waals surface area contributed by atoms with Crippen LogP contribution in [0.4, 0.5) is 17.1 Å². The fourth-order valence-electron chi connectivity index (χ4n) is 2.95. The minimum atomic E-state index is -0.183. The number of carbonyl (C=O) groups excluding carboxylic acids is 2. The van der Waals surface area contributed by atoms with Crippen molar-refractivity contribution in [2.45, 2.75) is 19.8 Å². The highest BCUT2D eigenvalue weighted by molar-refractivity contribution is 6.31. The van der Waals surface area contributed by atoms with E-state index >= 15 is 0 Å². The molecule has 0 aliphatic rings. The van der Waals surface area contributed by atoms with Crippen molar-refractivity contribution in [3.05, 3.63) is 88.9 Å². The second-order valence-electron chi connectivity index (χ2n) is 6.93. The molecule has 0 heterocycles. The van der Waals surface area contributed by atoms with Gasteiger partial charge in [-0.1, -0.05) is 54.1 Å². The Morgan fingerprint density at radius 3 is 2.37 bits per heavy atom. The summed E-state index contributed by atoms with van der Waals surface area (Å²) in [6.07, 6.45) is 1.09. The summed E-state index contributed by atoms with van der Waals surface area (Å²) in [6, 6.07) is 22.6. The first-order valence-electron chi connectivity index (χ1n) is 9.74. The van der Waals surface area contributed by atoms with E-state index in [-0.39, 0.29) is 18.4 Å². The number of benzene rings is 3. The number of halogens is 1. The number of amides is 2. The highest BCUT2D eigenvalue weighted by atomic mass is 35.5. The van der Waals surface area contributed by atoms with Crippen molar-refractivity contribution in [1.29, 1.82) is 0 Å². The first-order chi connectivity index (χ1) is 14.5. The van der Waals surface area contributed by atoms with E-state index in [4.69, 9.17) is 11.6 Å². The zero-order valence-corrected chi connectivity index (χ0v) is 17.5. The third-order valence-electron chi connectivity index (χ3n) is 4.62. The maximum Gasteiger partial charge on any atom is 0.243 e. The summed E-state index contributed by atoms with van der Waals surface area (Å²) in [5, 5.41) is 9.43. The van der Waals surface area contributed by atoms with Gasteiger partial charge in [-0.15, -0.1) is 0 Å². The lowest BCUT2D eigenvalue weighted by Crippen LogP contribution is -2.22. The Balaban J connectivity index is 1.49. The van der Waals surface area contributed by atoms with Gasteiger partial charge in [-0.2, -0.15) is 0 Å². The molecule has 3 N–H and O–H groups in total. The first kappa shape index (κ1) is 21.4. The fourth-order valence-corrected chi connectivity index (χ4v) is 3.13. The van der Waals surface area contributed by atoms with Crippen LogP contribution in [-0.4, -0.2) is 18.4 Å². The van der Waals surface area contributed by atoms with Gasteiger partial charge in [0.05, 0.1) is 6.54 Å².